The van der Waals surface area contributed by atoms with E-state index < -0.39 is 11.9 Å². The number of carboxylic acid groups (broad SMARTS) is 1. The van der Waals surface area contributed by atoms with Gasteiger partial charge in [0.05, 0.1) is 18.2 Å². The smallest absolute Gasteiger partial charge is 0.315 e. The van der Waals surface area contributed by atoms with Crippen molar-refractivity contribution < 1.29 is 14.7 Å². The zero-order chi connectivity index (χ0) is 14.3. The first-order valence-corrected chi connectivity index (χ1v) is 6.26. The summed E-state index contributed by atoms with van der Waals surface area (Å²) >= 11 is 0. The van der Waals surface area contributed by atoms with Crippen LogP contribution in [0.25, 0.3) is 0 Å². The standard InChI is InChI=1S/C12H20N4O3/c1-3-4-9(11(17)18)7-13-12(19)14-8-10-5-6-15-16(10)2/h5-6,9H,3-4,7-8H2,1-2H3,(H,17,18)(H2,13,14,19). The molecule has 7 nitrogen and oxygen atoms in total. The Hall–Kier alpha value is -2.05. The molecule has 0 bridgehead atoms. The largest absolute Gasteiger partial charge is 0.481 e. The third-order valence-electron chi connectivity index (χ3n) is 2.85. The molecule has 0 aromatic carbocycles. The van der Waals surface area contributed by atoms with Crippen molar-refractivity contribution in [2.75, 3.05) is 6.54 Å². The lowest BCUT2D eigenvalue weighted by molar-refractivity contribution is -0.141. The Morgan fingerprint density at radius 2 is 2.21 bits per heavy atom. The van der Waals surface area contributed by atoms with E-state index in [0.717, 1.165) is 12.1 Å². The third kappa shape index (κ3) is 4.99. The van der Waals surface area contributed by atoms with E-state index in [1.165, 1.54) is 0 Å². The highest BCUT2D eigenvalue weighted by Gasteiger charge is 2.17. The van der Waals surface area contributed by atoms with Crippen LogP contribution in [-0.4, -0.2) is 33.4 Å². The van der Waals surface area contributed by atoms with Crippen molar-refractivity contribution in [2.45, 2.75) is 26.3 Å². The van der Waals surface area contributed by atoms with E-state index in [0.29, 0.717) is 13.0 Å². The molecule has 0 aliphatic rings. The van der Waals surface area contributed by atoms with Gasteiger partial charge in [0.1, 0.15) is 0 Å². The first-order valence-electron chi connectivity index (χ1n) is 6.26. The van der Waals surface area contributed by atoms with E-state index in [1.807, 2.05) is 6.92 Å². The van der Waals surface area contributed by atoms with E-state index in [9.17, 15) is 9.59 Å². The number of hydrogen-bond acceptors (Lipinski definition) is 3. The summed E-state index contributed by atoms with van der Waals surface area (Å²) in [4.78, 5) is 22.4. The summed E-state index contributed by atoms with van der Waals surface area (Å²) < 4.78 is 1.66. The van der Waals surface area contributed by atoms with Crippen molar-refractivity contribution >= 4 is 12.0 Å². The lowest BCUT2D eigenvalue weighted by atomic mass is 10.0. The molecule has 3 N–H and O–H groups in total. The average molecular weight is 268 g/mol. The predicted molar refractivity (Wildman–Crippen MR) is 69.5 cm³/mol. The van der Waals surface area contributed by atoms with Gasteiger partial charge in [0.25, 0.3) is 0 Å². The maximum Gasteiger partial charge on any atom is 0.315 e. The molecule has 0 aliphatic carbocycles. The fraction of sp³-hybridized carbons (Fsp3) is 0.583. The summed E-state index contributed by atoms with van der Waals surface area (Å²) in [5.41, 5.74) is 0.874. The molecular formula is C12H20N4O3. The minimum absolute atomic E-state index is 0.139. The van der Waals surface area contributed by atoms with Gasteiger partial charge in [-0.3, -0.25) is 9.48 Å². The summed E-state index contributed by atoms with van der Waals surface area (Å²) in [6.45, 7) is 2.41. The van der Waals surface area contributed by atoms with Crippen molar-refractivity contribution in [1.29, 1.82) is 0 Å². The number of carbonyl (C=O) groups is 2. The van der Waals surface area contributed by atoms with Crippen molar-refractivity contribution in [3.05, 3.63) is 18.0 Å². The van der Waals surface area contributed by atoms with Gasteiger partial charge in [-0.1, -0.05) is 13.3 Å². The Labute approximate surface area is 112 Å². The third-order valence-corrected chi connectivity index (χ3v) is 2.85. The molecule has 1 atom stereocenters. The summed E-state index contributed by atoms with van der Waals surface area (Å²) in [6, 6.07) is 1.43. The van der Waals surface area contributed by atoms with Gasteiger partial charge in [0, 0.05) is 19.8 Å². The maximum atomic E-state index is 11.5. The molecule has 1 heterocycles. The number of aryl methyl sites for hydroxylation is 1. The minimum Gasteiger partial charge on any atom is -0.481 e. The second-order valence-electron chi connectivity index (χ2n) is 4.33. The predicted octanol–water partition coefficient (Wildman–Crippen LogP) is 0.720. The molecule has 0 saturated carbocycles. The van der Waals surface area contributed by atoms with Gasteiger partial charge in [-0.2, -0.15) is 5.10 Å². The van der Waals surface area contributed by atoms with E-state index in [2.05, 4.69) is 15.7 Å². The van der Waals surface area contributed by atoms with Gasteiger partial charge in [-0.05, 0) is 12.5 Å². The summed E-state index contributed by atoms with van der Waals surface area (Å²) in [5.74, 6) is -1.42. The van der Waals surface area contributed by atoms with Gasteiger partial charge >= 0.3 is 12.0 Å². The number of rotatable bonds is 7. The first-order chi connectivity index (χ1) is 9.04. The van der Waals surface area contributed by atoms with E-state index in [-0.39, 0.29) is 12.6 Å². The zero-order valence-electron chi connectivity index (χ0n) is 11.2. The Balaban J connectivity index is 2.31. The maximum absolute atomic E-state index is 11.5. The van der Waals surface area contributed by atoms with E-state index in [1.54, 1.807) is 24.0 Å². The van der Waals surface area contributed by atoms with Crippen molar-refractivity contribution in [3.63, 3.8) is 0 Å². The topological polar surface area (TPSA) is 96.3 Å². The van der Waals surface area contributed by atoms with E-state index in [4.69, 9.17) is 5.11 Å². The molecule has 0 fully saturated rings. The monoisotopic (exact) mass is 268 g/mol. The molecule has 106 valence electrons. The van der Waals surface area contributed by atoms with E-state index >= 15 is 0 Å². The highest BCUT2D eigenvalue weighted by molar-refractivity contribution is 5.75. The van der Waals surface area contributed by atoms with Crippen LogP contribution < -0.4 is 10.6 Å². The van der Waals surface area contributed by atoms with Crippen molar-refractivity contribution in [3.8, 4) is 0 Å². The lowest BCUT2D eigenvalue weighted by Crippen LogP contribution is -2.39. The molecule has 2 amide bonds. The van der Waals surface area contributed by atoms with Crippen LogP contribution in [0.15, 0.2) is 12.3 Å². The highest BCUT2D eigenvalue weighted by Crippen LogP contribution is 2.04. The van der Waals surface area contributed by atoms with Crippen LogP contribution in [0.3, 0.4) is 0 Å². The fourth-order valence-corrected chi connectivity index (χ4v) is 1.69. The van der Waals surface area contributed by atoms with Gasteiger partial charge in [0.15, 0.2) is 0 Å². The number of aliphatic carboxylic acids is 1. The number of nitrogens with zero attached hydrogens (tertiary/aromatic N) is 2. The number of carboxylic acids is 1. The quantitative estimate of drug-likeness (QED) is 0.679. The van der Waals surface area contributed by atoms with Gasteiger partial charge in [-0.25, -0.2) is 4.79 Å². The van der Waals surface area contributed by atoms with Crippen molar-refractivity contribution in [1.82, 2.24) is 20.4 Å². The molecule has 1 aromatic heterocycles. The second-order valence-corrected chi connectivity index (χ2v) is 4.33. The Kier molecular flexibility index (Phi) is 5.84. The van der Waals surface area contributed by atoms with Crippen molar-refractivity contribution in [2.24, 2.45) is 13.0 Å². The second kappa shape index (κ2) is 7.40. The van der Waals surface area contributed by atoms with Gasteiger partial charge in [-0.15, -0.1) is 0 Å². The number of aromatic nitrogens is 2. The summed E-state index contributed by atoms with van der Waals surface area (Å²) in [7, 11) is 1.79. The number of hydrogen-bond donors (Lipinski definition) is 3. The number of nitrogens with one attached hydrogen (secondary N) is 2. The van der Waals surface area contributed by atoms with Crippen LogP contribution in [0, 0.1) is 5.92 Å². The Morgan fingerprint density at radius 3 is 2.74 bits per heavy atom. The summed E-state index contributed by atoms with van der Waals surface area (Å²) in [5, 5.41) is 18.2. The molecule has 0 radical (unpaired) electrons. The highest BCUT2D eigenvalue weighted by atomic mass is 16.4. The minimum atomic E-state index is -0.881. The molecule has 0 saturated heterocycles. The molecule has 7 heteroatoms. The number of urea groups is 1. The van der Waals surface area contributed by atoms with Crippen LogP contribution in [0.2, 0.25) is 0 Å². The molecule has 0 spiro atoms. The normalized spacial score (nSPS) is 11.9. The molecule has 1 aromatic rings. The molecule has 1 rings (SSSR count). The lowest BCUT2D eigenvalue weighted by Gasteiger charge is -2.13. The molecule has 19 heavy (non-hydrogen) atoms. The van der Waals surface area contributed by atoms with Crippen LogP contribution in [0.1, 0.15) is 25.5 Å². The van der Waals surface area contributed by atoms with Crippen LogP contribution in [0.5, 0.6) is 0 Å². The average Bonchev–Trinajstić information content (AvgIpc) is 2.77. The number of amides is 2. The zero-order valence-corrected chi connectivity index (χ0v) is 11.2. The Bertz CT molecular complexity index is 430. The first kappa shape index (κ1) is 15.0. The van der Waals surface area contributed by atoms with Crippen LogP contribution >= 0.6 is 0 Å². The van der Waals surface area contributed by atoms with Crippen LogP contribution in [0.4, 0.5) is 4.79 Å². The van der Waals surface area contributed by atoms with Gasteiger partial charge in [0.2, 0.25) is 0 Å². The summed E-state index contributed by atoms with van der Waals surface area (Å²) in [6.07, 6.45) is 2.98. The van der Waals surface area contributed by atoms with Gasteiger partial charge < -0.3 is 15.7 Å². The molecular weight excluding hydrogens is 248 g/mol. The fourth-order valence-electron chi connectivity index (χ4n) is 1.69. The Morgan fingerprint density at radius 1 is 1.47 bits per heavy atom. The van der Waals surface area contributed by atoms with Crippen LogP contribution in [-0.2, 0) is 18.4 Å². The number of carbonyl (C=O) groups excluding carboxylic acids is 1. The SMILES string of the molecule is CCCC(CNC(=O)NCc1ccnn1C)C(=O)O. The molecule has 0 aliphatic heterocycles. The molecule has 1 unspecified atom stereocenters.